The minimum Gasteiger partial charge on any atom is -0.480 e. The van der Waals surface area contributed by atoms with Gasteiger partial charge < -0.3 is 10.4 Å². The van der Waals surface area contributed by atoms with Gasteiger partial charge in [-0.3, -0.25) is 14.4 Å². The fraction of sp³-hybridized carbons (Fsp3) is 0.750. The van der Waals surface area contributed by atoms with E-state index in [1.807, 2.05) is 7.05 Å². The Bertz CT molecular complexity index is 595. The van der Waals surface area contributed by atoms with Gasteiger partial charge in [0.15, 0.2) is 0 Å². The number of carbonyl (C=O) groups is 1. The van der Waals surface area contributed by atoms with Crippen LogP contribution in [0.15, 0.2) is 0 Å². The van der Waals surface area contributed by atoms with Crippen LogP contribution in [0.3, 0.4) is 0 Å². The predicted molar refractivity (Wildman–Crippen MR) is 88.6 cm³/mol. The Kier molecular flexibility index (Phi) is 4.67. The van der Waals surface area contributed by atoms with Gasteiger partial charge in [-0.2, -0.15) is 5.10 Å². The zero-order valence-electron chi connectivity index (χ0n) is 13.8. The summed E-state index contributed by atoms with van der Waals surface area (Å²) in [5.74, 6) is -0.724. The minimum absolute atomic E-state index is 0.134. The molecule has 0 aliphatic carbocycles. The van der Waals surface area contributed by atoms with Crippen LogP contribution >= 0.6 is 11.6 Å². The van der Waals surface area contributed by atoms with E-state index < -0.39 is 12.0 Å². The average molecular weight is 341 g/mol. The Hall–Kier alpha value is -1.11. The number of hydrogen-bond acceptors (Lipinski definition) is 4. The van der Waals surface area contributed by atoms with E-state index in [9.17, 15) is 9.90 Å². The molecule has 0 unspecified atom stereocenters. The van der Waals surface area contributed by atoms with E-state index in [4.69, 9.17) is 11.6 Å². The lowest BCUT2D eigenvalue weighted by atomic mass is 9.77. The lowest BCUT2D eigenvalue weighted by molar-refractivity contribution is -0.142. The molecule has 128 valence electrons. The summed E-state index contributed by atoms with van der Waals surface area (Å²) in [6.07, 6.45) is 3.64. The van der Waals surface area contributed by atoms with Gasteiger partial charge >= 0.3 is 5.97 Å². The Morgan fingerprint density at radius 3 is 2.78 bits per heavy atom. The van der Waals surface area contributed by atoms with E-state index in [0.29, 0.717) is 11.7 Å². The summed E-state index contributed by atoms with van der Waals surface area (Å²) in [7, 11) is 1.83. The molecule has 3 rings (SSSR count). The molecule has 2 aliphatic rings. The third-order valence-electron chi connectivity index (χ3n) is 5.40. The lowest BCUT2D eigenvalue weighted by Crippen LogP contribution is -2.38. The van der Waals surface area contributed by atoms with Crippen molar-refractivity contribution in [2.75, 3.05) is 19.6 Å². The molecule has 1 aromatic heterocycles. The standard InChI is InChI=1S/C16H25ClN4O2/c1-3-12-11(14(17)20(2)19-12)9-21-10-16(4-6-18-7-5-16)8-13(21)15(22)23/h13,18H,3-10H2,1-2H3,(H,22,23)/t13-/m0/s1. The van der Waals surface area contributed by atoms with Crippen LogP contribution in [0.2, 0.25) is 5.15 Å². The van der Waals surface area contributed by atoms with Crippen LogP contribution in [-0.2, 0) is 24.8 Å². The first-order valence-electron chi connectivity index (χ1n) is 8.33. The lowest BCUT2D eigenvalue weighted by Gasteiger charge is -2.33. The summed E-state index contributed by atoms with van der Waals surface area (Å²) in [5, 5.41) is 18.1. The first-order valence-corrected chi connectivity index (χ1v) is 8.71. The predicted octanol–water partition coefficient (Wildman–Crippen LogP) is 1.66. The number of aromatic nitrogens is 2. The largest absolute Gasteiger partial charge is 0.480 e. The molecule has 1 spiro atoms. The first kappa shape index (κ1) is 16.7. The van der Waals surface area contributed by atoms with Crippen LogP contribution < -0.4 is 5.32 Å². The SMILES string of the molecule is CCc1nn(C)c(Cl)c1CN1CC2(CCNCC2)C[C@H]1C(=O)O. The van der Waals surface area contributed by atoms with E-state index in [1.54, 1.807) is 4.68 Å². The summed E-state index contributed by atoms with van der Waals surface area (Å²) in [6, 6.07) is -0.422. The van der Waals surface area contributed by atoms with Gasteiger partial charge in [-0.1, -0.05) is 18.5 Å². The maximum absolute atomic E-state index is 11.8. The molecule has 2 fully saturated rings. The van der Waals surface area contributed by atoms with Crippen molar-refractivity contribution in [2.24, 2.45) is 12.5 Å². The van der Waals surface area contributed by atoms with Crippen LogP contribution in [0.5, 0.6) is 0 Å². The number of hydrogen-bond donors (Lipinski definition) is 2. The molecule has 2 N–H and O–H groups in total. The molecule has 2 aliphatic heterocycles. The van der Waals surface area contributed by atoms with Crippen LogP contribution in [0, 0.1) is 5.41 Å². The van der Waals surface area contributed by atoms with Gasteiger partial charge in [-0.05, 0) is 44.2 Å². The molecule has 23 heavy (non-hydrogen) atoms. The summed E-state index contributed by atoms with van der Waals surface area (Å²) in [6.45, 7) is 5.42. The molecule has 6 nitrogen and oxygen atoms in total. The topological polar surface area (TPSA) is 70.4 Å². The zero-order valence-corrected chi connectivity index (χ0v) is 14.6. The summed E-state index contributed by atoms with van der Waals surface area (Å²) >= 11 is 6.39. The highest BCUT2D eigenvalue weighted by Crippen LogP contribution is 2.43. The van der Waals surface area contributed by atoms with E-state index in [2.05, 4.69) is 22.2 Å². The number of carboxylic acids is 1. The highest BCUT2D eigenvalue weighted by Gasteiger charge is 2.47. The van der Waals surface area contributed by atoms with E-state index in [1.165, 1.54) is 0 Å². The van der Waals surface area contributed by atoms with Crippen molar-refractivity contribution in [3.63, 3.8) is 0 Å². The van der Waals surface area contributed by atoms with Gasteiger partial charge in [0.05, 0.1) is 5.69 Å². The van der Waals surface area contributed by atoms with Gasteiger partial charge in [-0.15, -0.1) is 0 Å². The second-order valence-electron chi connectivity index (χ2n) is 6.91. The van der Waals surface area contributed by atoms with Crippen LogP contribution in [-0.4, -0.2) is 51.4 Å². The molecular weight excluding hydrogens is 316 g/mol. The number of carboxylic acid groups (broad SMARTS) is 1. The Labute approximate surface area is 141 Å². The highest BCUT2D eigenvalue weighted by atomic mass is 35.5. The number of aryl methyl sites for hydroxylation is 2. The quantitative estimate of drug-likeness (QED) is 0.872. The van der Waals surface area contributed by atoms with Crippen LogP contribution in [0.4, 0.5) is 0 Å². The van der Waals surface area contributed by atoms with Crippen molar-refractivity contribution in [2.45, 2.75) is 45.2 Å². The van der Waals surface area contributed by atoms with Gasteiger partial charge in [-0.25, -0.2) is 0 Å². The van der Waals surface area contributed by atoms with Crippen molar-refractivity contribution in [3.05, 3.63) is 16.4 Å². The second kappa shape index (κ2) is 6.42. The zero-order chi connectivity index (χ0) is 16.6. The van der Waals surface area contributed by atoms with E-state index >= 15 is 0 Å². The van der Waals surface area contributed by atoms with Crippen molar-refractivity contribution in [1.29, 1.82) is 0 Å². The van der Waals surface area contributed by atoms with Crippen molar-refractivity contribution >= 4 is 17.6 Å². The number of nitrogens with one attached hydrogen (secondary N) is 1. The fourth-order valence-corrected chi connectivity index (χ4v) is 4.32. The smallest absolute Gasteiger partial charge is 0.320 e. The molecule has 3 heterocycles. The molecule has 2 saturated heterocycles. The molecule has 1 aromatic rings. The van der Waals surface area contributed by atoms with Gasteiger partial charge in [0.2, 0.25) is 0 Å². The Morgan fingerprint density at radius 1 is 1.48 bits per heavy atom. The van der Waals surface area contributed by atoms with Gasteiger partial charge in [0.25, 0.3) is 0 Å². The normalized spacial score (nSPS) is 24.4. The highest BCUT2D eigenvalue weighted by molar-refractivity contribution is 6.30. The molecule has 0 saturated carbocycles. The minimum atomic E-state index is -0.724. The molecule has 0 radical (unpaired) electrons. The molecule has 1 atom stereocenters. The Balaban J connectivity index is 1.84. The van der Waals surface area contributed by atoms with E-state index in [-0.39, 0.29) is 5.41 Å². The fourth-order valence-electron chi connectivity index (χ4n) is 4.12. The van der Waals surface area contributed by atoms with Crippen LogP contribution in [0.25, 0.3) is 0 Å². The molecule has 0 bridgehead atoms. The van der Waals surface area contributed by atoms with Crippen LogP contribution in [0.1, 0.15) is 37.4 Å². The number of aliphatic carboxylic acids is 1. The molecule has 0 amide bonds. The number of piperidine rings is 1. The average Bonchev–Trinajstić information content (AvgIpc) is 3.01. The number of likely N-dealkylation sites (tertiary alicyclic amines) is 1. The van der Waals surface area contributed by atoms with Gasteiger partial charge in [0.1, 0.15) is 11.2 Å². The maximum atomic E-state index is 11.8. The van der Waals surface area contributed by atoms with Crippen molar-refractivity contribution < 1.29 is 9.90 Å². The number of nitrogens with zero attached hydrogens (tertiary/aromatic N) is 3. The number of rotatable bonds is 4. The second-order valence-corrected chi connectivity index (χ2v) is 7.26. The Morgan fingerprint density at radius 2 is 2.17 bits per heavy atom. The van der Waals surface area contributed by atoms with E-state index in [0.717, 1.165) is 56.6 Å². The molecule has 0 aromatic carbocycles. The maximum Gasteiger partial charge on any atom is 0.320 e. The number of halogens is 1. The summed E-state index contributed by atoms with van der Waals surface area (Å²) in [4.78, 5) is 13.9. The molecular formula is C16H25ClN4O2. The summed E-state index contributed by atoms with van der Waals surface area (Å²) < 4.78 is 1.68. The first-order chi connectivity index (χ1) is 11.0. The van der Waals surface area contributed by atoms with Gasteiger partial charge in [0, 0.05) is 25.7 Å². The van der Waals surface area contributed by atoms with Crippen molar-refractivity contribution in [1.82, 2.24) is 20.0 Å². The third kappa shape index (κ3) is 3.12. The monoisotopic (exact) mass is 340 g/mol. The molecule has 7 heteroatoms. The van der Waals surface area contributed by atoms with Crippen molar-refractivity contribution in [3.8, 4) is 0 Å². The third-order valence-corrected chi connectivity index (χ3v) is 5.88. The summed E-state index contributed by atoms with van der Waals surface area (Å²) in [5.41, 5.74) is 2.08.